The van der Waals surface area contributed by atoms with Crippen molar-refractivity contribution >= 4 is 89.5 Å². The minimum atomic E-state index is -0.140. The summed E-state index contributed by atoms with van der Waals surface area (Å²) in [6.45, 7) is 13.9. The van der Waals surface area contributed by atoms with Gasteiger partial charge in [-0.05, 0) is 99.7 Å². The summed E-state index contributed by atoms with van der Waals surface area (Å²) in [5.41, 5.74) is 20.0. The third kappa shape index (κ3) is 4.94. The Bertz CT molecular complexity index is 3690. The van der Waals surface area contributed by atoms with Crippen LogP contribution in [0, 0.1) is 0 Å². The summed E-state index contributed by atoms with van der Waals surface area (Å²) >= 11 is 0. The largest absolute Gasteiger partial charge is 0.374 e. The van der Waals surface area contributed by atoms with Crippen LogP contribution in [0.25, 0.3) is 77.0 Å². The van der Waals surface area contributed by atoms with Crippen molar-refractivity contribution in [3.8, 4) is 22.5 Å². The van der Waals surface area contributed by atoms with Crippen LogP contribution in [0.1, 0.15) is 52.7 Å². The summed E-state index contributed by atoms with van der Waals surface area (Å²) in [6, 6.07) is 66.2. The van der Waals surface area contributed by atoms with Crippen LogP contribution in [0.5, 0.6) is 0 Å². The van der Waals surface area contributed by atoms with Crippen LogP contribution in [0.3, 0.4) is 0 Å². The Kier molecular flexibility index (Phi) is 7.33. The van der Waals surface area contributed by atoms with Gasteiger partial charge in [0.05, 0.1) is 22.2 Å². The number of fused-ring (bicyclic) bond motifs is 13. The van der Waals surface area contributed by atoms with E-state index < -0.39 is 0 Å². The molecule has 0 saturated carbocycles. The van der Waals surface area contributed by atoms with E-state index in [1.807, 2.05) is 0 Å². The molecule has 0 amide bonds. The smallest absolute Gasteiger partial charge is 0.351 e. The summed E-state index contributed by atoms with van der Waals surface area (Å²) in [4.78, 5) is 2.61. The third-order valence-corrected chi connectivity index (χ3v) is 14.1. The molecule has 0 N–H and O–H groups in total. The van der Waals surface area contributed by atoms with Gasteiger partial charge in [-0.2, -0.15) is 0 Å². The van der Waals surface area contributed by atoms with E-state index in [1.54, 1.807) is 0 Å². The summed E-state index contributed by atoms with van der Waals surface area (Å²) in [7, 11) is 0. The molecule has 0 radical (unpaired) electrons. The van der Waals surface area contributed by atoms with E-state index in [0.29, 0.717) is 0 Å². The maximum atomic E-state index is 2.73. The summed E-state index contributed by atoms with van der Waals surface area (Å²) in [6.07, 6.45) is 0. The van der Waals surface area contributed by atoms with Crippen LogP contribution >= 0.6 is 0 Å². The summed E-state index contributed by atoms with van der Waals surface area (Å²) in [5.74, 6) is 0. The Balaban J connectivity index is 1.28. The molecule has 302 valence electrons. The van der Waals surface area contributed by atoms with Gasteiger partial charge in [-0.3, -0.25) is 0 Å². The zero-order chi connectivity index (χ0) is 42.5. The van der Waals surface area contributed by atoms with E-state index in [9.17, 15) is 0 Å². The SMILES string of the molecule is CC(C)(C)c1ccc(N2c3cc(C(C)(C)C)cc4c3B(c3c2c2ccccc2n3-c2ccccc2)n2c3ccccc3c3c2c-4cc2c4ccccc4n(-c4ccccc4)c23)cc1. The van der Waals surface area contributed by atoms with Crippen LogP contribution in [-0.4, -0.2) is 20.5 Å². The lowest BCUT2D eigenvalue weighted by molar-refractivity contribution is 0.590. The number of anilines is 3. The predicted molar refractivity (Wildman–Crippen MR) is 269 cm³/mol. The molecule has 0 spiro atoms. The monoisotopic (exact) mass is 810 g/mol. The first-order chi connectivity index (χ1) is 30.6. The number of hydrogen-bond acceptors (Lipinski definition) is 1. The minimum absolute atomic E-state index is 0.0326. The first-order valence-corrected chi connectivity index (χ1v) is 22.4. The van der Waals surface area contributed by atoms with E-state index >= 15 is 0 Å². The molecule has 8 aromatic carbocycles. The van der Waals surface area contributed by atoms with Gasteiger partial charge in [0.25, 0.3) is 0 Å². The van der Waals surface area contributed by atoms with E-state index in [-0.39, 0.29) is 17.7 Å². The Morgan fingerprint density at radius 2 is 0.968 bits per heavy atom. The normalized spacial score (nSPS) is 13.5. The van der Waals surface area contributed by atoms with Crippen molar-refractivity contribution in [2.75, 3.05) is 4.90 Å². The van der Waals surface area contributed by atoms with Crippen molar-refractivity contribution in [1.82, 2.24) is 13.6 Å². The molecule has 4 nitrogen and oxygen atoms in total. The molecule has 13 rings (SSSR count). The second-order valence-electron chi connectivity index (χ2n) is 19.8. The fraction of sp³-hybridized carbons (Fsp3) is 0.138. The number of nitrogens with zero attached hydrogens (tertiary/aromatic N) is 4. The van der Waals surface area contributed by atoms with Gasteiger partial charge >= 0.3 is 6.85 Å². The van der Waals surface area contributed by atoms with Gasteiger partial charge in [-0.25, -0.2) is 0 Å². The average Bonchev–Trinajstić information content (AvgIpc) is 3.94. The molecule has 3 aromatic heterocycles. The zero-order valence-corrected chi connectivity index (χ0v) is 36.6. The fourth-order valence-electron chi connectivity index (χ4n) is 11.2. The molecule has 0 bridgehead atoms. The molecule has 0 fully saturated rings. The molecule has 63 heavy (non-hydrogen) atoms. The molecule has 0 atom stereocenters. The van der Waals surface area contributed by atoms with Crippen LogP contribution < -0.4 is 16.0 Å². The maximum absolute atomic E-state index is 2.73. The van der Waals surface area contributed by atoms with Gasteiger partial charge in [0, 0.05) is 71.9 Å². The van der Waals surface area contributed by atoms with Gasteiger partial charge in [-0.15, -0.1) is 0 Å². The highest BCUT2D eigenvalue weighted by atomic mass is 15.2. The summed E-state index contributed by atoms with van der Waals surface area (Å²) < 4.78 is 7.82. The molecule has 0 aliphatic carbocycles. The number of hydrogen-bond donors (Lipinski definition) is 0. The van der Waals surface area contributed by atoms with E-state index in [1.165, 1.54) is 111 Å². The van der Waals surface area contributed by atoms with E-state index in [2.05, 4.69) is 236 Å². The first kappa shape index (κ1) is 36.4. The molecule has 2 aliphatic heterocycles. The van der Waals surface area contributed by atoms with Crippen LogP contribution in [0.2, 0.25) is 0 Å². The number of para-hydroxylation sites is 5. The van der Waals surface area contributed by atoms with Crippen molar-refractivity contribution in [2.24, 2.45) is 0 Å². The molecular formula is C58H47BN4. The Morgan fingerprint density at radius 1 is 0.413 bits per heavy atom. The van der Waals surface area contributed by atoms with Gasteiger partial charge in [0.2, 0.25) is 0 Å². The van der Waals surface area contributed by atoms with Gasteiger partial charge in [0.1, 0.15) is 0 Å². The highest BCUT2D eigenvalue weighted by Crippen LogP contribution is 2.52. The molecular weight excluding hydrogens is 763 g/mol. The lowest BCUT2D eigenvalue weighted by atomic mass is 9.46. The average molecular weight is 811 g/mol. The highest BCUT2D eigenvalue weighted by Gasteiger charge is 2.47. The highest BCUT2D eigenvalue weighted by molar-refractivity contribution is 6.90. The van der Waals surface area contributed by atoms with Gasteiger partial charge in [-0.1, -0.05) is 151 Å². The molecule has 5 heterocycles. The molecule has 0 unspecified atom stereocenters. The number of benzene rings is 8. The quantitative estimate of drug-likeness (QED) is 0.163. The first-order valence-electron chi connectivity index (χ1n) is 22.4. The predicted octanol–water partition coefficient (Wildman–Crippen LogP) is 13.8. The molecule has 2 aliphatic rings. The van der Waals surface area contributed by atoms with Crippen molar-refractivity contribution in [1.29, 1.82) is 0 Å². The van der Waals surface area contributed by atoms with Crippen molar-refractivity contribution < 1.29 is 0 Å². The second kappa shape index (κ2) is 12.7. The van der Waals surface area contributed by atoms with E-state index in [4.69, 9.17) is 0 Å². The number of rotatable bonds is 3. The lowest BCUT2D eigenvalue weighted by Gasteiger charge is -2.41. The van der Waals surface area contributed by atoms with Crippen molar-refractivity contribution in [3.63, 3.8) is 0 Å². The molecule has 11 aromatic rings. The summed E-state index contributed by atoms with van der Waals surface area (Å²) in [5, 5.41) is 6.35. The van der Waals surface area contributed by atoms with Crippen LogP contribution in [0.4, 0.5) is 17.1 Å². The Morgan fingerprint density at radius 3 is 1.62 bits per heavy atom. The standard InChI is InChI=1S/C58H47BN4/c1-57(2,3)36-29-31-40(32-30-36)61-50-34-37(58(4,5)6)33-44-46-35-45-41-23-13-16-26-47(41)60(38-19-9-7-10-20-38)53(45)51-42-24-14-18-28-49(42)63(54(46)51)59(52(44)50)56-55(61)43-25-15-17-27-48(43)62(56)39-21-11-8-12-22-39/h7-35H,1-6H3. The Labute approximate surface area is 368 Å². The van der Waals surface area contributed by atoms with Crippen LogP contribution in [0.15, 0.2) is 176 Å². The van der Waals surface area contributed by atoms with Crippen molar-refractivity contribution in [3.05, 3.63) is 187 Å². The number of aromatic nitrogens is 3. The van der Waals surface area contributed by atoms with E-state index in [0.717, 1.165) is 5.69 Å². The third-order valence-electron chi connectivity index (χ3n) is 14.1. The minimum Gasteiger partial charge on any atom is -0.374 e. The zero-order valence-electron chi connectivity index (χ0n) is 36.6. The molecule has 5 heteroatoms. The maximum Gasteiger partial charge on any atom is 0.351 e. The molecule has 0 saturated heterocycles. The van der Waals surface area contributed by atoms with Crippen molar-refractivity contribution in [2.45, 2.75) is 52.4 Å². The van der Waals surface area contributed by atoms with Gasteiger partial charge < -0.3 is 18.5 Å². The van der Waals surface area contributed by atoms with Gasteiger partial charge in [0.15, 0.2) is 0 Å². The fourth-order valence-corrected chi connectivity index (χ4v) is 11.2. The van der Waals surface area contributed by atoms with Crippen LogP contribution in [-0.2, 0) is 10.8 Å². The topological polar surface area (TPSA) is 18.0 Å². The second-order valence-corrected chi connectivity index (χ2v) is 19.8. The Hall–Kier alpha value is -7.24. The lowest BCUT2D eigenvalue weighted by Crippen LogP contribution is -2.58.